The highest BCUT2D eigenvalue weighted by molar-refractivity contribution is 5.78. The fraction of sp³-hybridized carbons (Fsp3) is 0.955. The van der Waals surface area contributed by atoms with Gasteiger partial charge in [0.05, 0.1) is 23.2 Å². The van der Waals surface area contributed by atoms with Crippen molar-refractivity contribution in [2.45, 2.75) is 103 Å². The molecule has 0 aliphatic heterocycles. The normalized spacial score (nSPS) is 40.7. The van der Waals surface area contributed by atoms with Crippen LogP contribution in [0.1, 0.15) is 86.5 Å². The molecule has 27 heavy (non-hydrogen) atoms. The number of carbonyl (C=O) groups is 1. The van der Waals surface area contributed by atoms with Crippen LogP contribution >= 0.6 is 0 Å². The molecular formula is C22H38O5. The molecule has 3 N–H and O–H groups in total. The Bertz CT molecular complexity index is 595. The maximum atomic E-state index is 13.6. The topological polar surface area (TPSA) is 87.0 Å². The zero-order valence-corrected chi connectivity index (χ0v) is 17.9. The molecule has 156 valence electrons. The molecule has 0 aromatic carbocycles. The lowest BCUT2D eigenvalue weighted by Gasteiger charge is -2.62. The number of esters is 1. The van der Waals surface area contributed by atoms with E-state index in [4.69, 9.17) is 4.74 Å². The third-order valence-electron chi connectivity index (χ3n) is 7.20. The van der Waals surface area contributed by atoms with E-state index in [0.29, 0.717) is 44.9 Å². The van der Waals surface area contributed by atoms with Crippen LogP contribution in [0, 0.1) is 22.2 Å². The standard InChI is InChI=1S/C22H38O5/c1-17(2,3)10-22(14-23,18(4,5)6)16(24)27-21-9-15-7-19(25,12-21)11-20(26,8-15)13-21/h15,23,25-26H,7-14H2,1-6H3. The first-order chi connectivity index (χ1) is 12.1. The summed E-state index contributed by atoms with van der Waals surface area (Å²) in [6, 6.07) is 0. The molecule has 4 rings (SSSR count). The van der Waals surface area contributed by atoms with Gasteiger partial charge in [0, 0.05) is 19.3 Å². The van der Waals surface area contributed by atoms with Crippen LogP contribution in [0.2, 0.25) is 0 Å². The number of carbonyl (C=O) groups excluding carboxylic acids is 1. The second-order valence-corrected chi connectivity index (χ2v) is 12.3. The molecule has 4 aliphatic rings. The maximum Gasteiger partial charge on any atom is 0.315 e. The number of aliphatic hydroxyl groups is 3. The van der Waals surface area contributed by atoms with Crippen molar-refractivity contribution in [2.24, 2.45) is 22.2 Å². The van der Waals surface area contributed by atoms with E-state index in [0.717, 1.165) is 0 Å². The van der Waals surface area contributed by atoms with Gasteiger partial charge in [0.1, 0.15) is 5.60 Å². The first-order valence-corrected chi connectivity index (χ1v) is 10.3. The van der Waals surface area contributed by atoms with Gasteiger partial charge in [-0.15, -0.1) is 0 Å². The van der Waals surface area contributed by atoms with Crippen LogP contribution in [0.5, 0.6) is 0 Å². The van der Waals surface area contributed by atoms with Gasteiger partial charge in [-0.3, -0.25) is 4.79 Å². The fourth-order valence-corrected chi connectivity index (χ4v) is 6.56. The lowest BCUT2D eigenvalue weighted by Crippen LogP contribution is -2.67. The van der Waals surface area contributed by atoms with Crippen molar-refractivity contribution in [3.8, 4) is 0 Å². The number of hydrogen-bond acceptors (Lipinski definition) is 5. The summed E-state index contributed by atoms with van der Waals surface area (Å²) in [7, 11) is 0. The van der Waals surface area contributed by atoms with Crippen LogP contribution in [0.3, 0.4) is 0 Å². The summed E-state index contributed by atoms with van der Waals surface area (Å²) >= 11 is 0. The molecule has 3 atom stereocenters. The number of aliphatic hydroxyl groups excluding tert-OH is 1. The molecule has 0 spiro atoms. The molecule has 0 heterocycles. The highest BCUT2D eigenvalue weighted by Gasteiger charge is 2.65. The quantitative estimate of drug-likeness (QED) is 0.650. The Morgan fingerprint density at radius 3 is 1.85 bits per heavy atom. The number of hydrogen-bond donors (Lipinski definition) is 3. The summed E-state index contributed by atoms with van der Waals surface area (Å²) < 4.78 is 6.19. The summed E-state index contributed by atoms with van der Waals surface area (Å²) in [6.45, 7) is 11.8. The van der Waals surface area contributed by atoms with Gasteiger partial charge in [0.15, 0.2) is 0 Å². The Morgan fingerprint density at radius 2 is 1.48 bits per heavy atom. The first-order valence-electron chi connectivity index (χ1n) is 10.3. The van der Waals surface area contributed by atoms with Gasteiger partial charge in [-0.1, -0.05) is 41.5 Å². The predicted molar refractivity (Wildman–Crippen MR) is 103 cm³/mol. The first kappa shape index (κ1) is 21.1. The van der Waals surface area contributed by atoms with Crippen molar-refractivity contribution in [1.29, 1.82) is 0 Å². The minimum absolute atomic E-state index is 0.160. The molecule has 4 fully saturated rings. The molecular weight excluding hydrogens is 344 g/mol. The molecule has 5 heteroatoms. The smallest absolute Gasteiger partial charge is 0.315 e. The van der Waals surface area contributed by atoms with Gasteiger partial charge in [-0.05, 0) is 42.4 Å². The Kier molecular flexibility index (Phi) is 4.63. The highest BCUT2D eigenvalue weighted by atomic mass is 16.6. The fourth-order valence-electron chi connectivity index (χ4n) is 6.56. The van der Waals surface area contributed by atoms with E-state index in [1.54, 1.807) is 0 Å². The summed E-state index contributed by atoms with van der Waals surface area (Å²) in [5.74, 6) is -0.202. The molecule has 4 bridgehead atoms. The van der Waals surface area contributed by atoms with Crippen LogP contribution in [0.4, 0.5) is 0 Å². The van der Waals surface area contributed by atoms with Gasteiger partial charge in [0.2, 0.25) is 0 Å². The average Bonchev–Trinajstić information content (AvgIpc) is 2.37. The van der Waals surface area contributed by atoms with E-state index < -0.39 is 27.6 Å². The van der Waals surface area contributed by atoms with Crippen LogP contribution in [-0.2, 0) is 9.53 Å². The predicted octanol–water partition coefficient (Wildman–Crippen LogP) is 3.19. The van der Waals surface area contributed by atoms with Crippen LogP contribution < -0.4 is 0 Å². The van der Waals surface area contributed by atoms with Gasteiger partial charge in [-0.25, -0.2) is 0 Å². The van der Waals surface area contributed by atoms with E-state index in [1.807, 2.05) is 20.8 Å². The largest absolute Gasteiger partial charge is 0.458 e. The van der Waals surface area contributed by atoms with E-state index >= 15 is 0 Å². The van der Waals surface area contributed by atoms with Gasteiger partial charge in [0.25, 0.3) is 0 Å². The van der Waals surface area contributed by atoms with Crippen LogP contribution in [0.25, 0.3) is 0 Å². The van der Waals surface area contributed by atoms with E-state index in [1.165, 1.54) is 0 Å². The maximum absolute atomic E-state index is 13.6. The van der Waals surface area contributed by atoms with Crippen molar-refractivity contribution in [3.05, 3.63) is 0 Å². The van der Waals surface area contributed by atoms with Crippen molar-refractivity contribution < 1.29 is 24.9 Å². The summed E-state index contributed by atoms with van der Waals surface area (Å²) in [4.78, 5) is 13.6. The lowest BCUT2D eigenvalue weighted by molar-refractivity contribution is -0.268. The molecule has 0 aromatic rings. The minimum Gasteiger partial charge on any atom is -0.458 e. The Balaban J connectivity index is 1.92. The van der Waals surface area contributed by atoms with Crippen molar-refractivity contribution in [2.75, 3.05) is 6.61 Å². The summed E-state index contributed by atoms with van der Waals surface area (Å²) in [5.41, 5.74) is -4.37. The Hall–Kier alpha value is -0.650. The third-order valence-corrected chi connectivity index (χ3v) is 7.20. The molecule has 3 unspecified atom stereocenters. The van der Waals surface area contributed by atoms with E-state index in [2.05, 4.69) is 20.8 Å². The lowest BCUT2D eigenvalue weighted by atomic mass is 9.50. The molecule has 0 radical (unpaired) electrons. The Labute approximate surface area is 163 Å². The molecule has 0 amide bonds. The molecule has 5 nitrogen and oxygen atoms in total. The van der Waals surface area contributed by atoms with Gasteiger partial charge >= 0.3 is 5.97 Å². The van der Waals surface area contributed by atoms with Crippen LogP contribution in [0.15, 0.2) is 0 Å². The average molecular weight is 383 g/mol. The summed E-state index contributed by atoms with van der Waals surface area (Å²) in [6.07, 6.45) is 3.74. The Morgan fingerprint density at radius 1 is 0.963 bits per heavy atom. The van der Waals surface area contributed by atoms with E-state index in [9.17, 15) is 20.1 Å². The zero-order valence-electron chi connectivity index (χ0n) is 17.9. The molecule has 4 aliphatic carbocycles. The van der Waals surface area contributed by atoms with Gasteiger partial charge < -0.3 is 20.1 Å². The summed E-state index contributed by atoms with van der Waals surface area (Å²) in [5, 5.41) is 32.3. The highest BCUT2D eigenvalue weighted by Crippen LogP contribution is 2.61. The zero-order chi connectivity index (χ0) is 20.5. The van der Waals surface area contributed by atoms with Crippen molar-refractivity contribution in [1.82, 2.24) is 0 Å². The second-order valence-electron chi connectivity index (χ2n) is 12.3. The van der Waals surface area contributed by atoms with Crippen molar-refractivity contribution >= 4 is 5.97 Å². The monoisotopic (exact) mass is 382 g/mol. The number of ether oxygens (including phenoxy) is 1. The number of rotatable bonds is 4. The molecule has 0 saturated heterocycles. The van der Waals surface area contributed by atoms with Crippen molar-refractivity contribution in [3.63, 3.8) is 0 Å². The third kappa shape index (κ3) is 3.67. The minimum atomic E-state index is -1.03. The SMILES string of the molecule is CC(C)(C)CC(CO)(C(=O)OC12CC3CC(O)(CC(O)(C3)C1)C2)C(C)(C)C. The van der Waals surface area contributed by atoms with Gasteiger partial charge in [-0.2, -0.15) is 0 Å². The molecule has 0 aromatic heterocycles. The second kappa shape index (κ2) is 5.93. The van der Waals surface area contributed by atoms with E-state index in [-0.39, 0.29) is 23.9 Å². The van der Waals surface area contributed by atoms with Crippen LogP contribution in [-0.4, -0.2) is 44.7 Å². The molecule has 4 saturated carbocycles.